The maximum Gasteiger partial charge on any atom is 0.161 e. The first-order valence-electron chi connectivity index (χ1n) is 18.3. The Bertz CT molecular complexity index is 3150. The Kier molecular flexibility index (Phi) is 7.96. The summed E-state index contributed by atoms with van der Waals surface area (Å²) in [5, 5.41) is 6.45. The molecule has 0 fully saturated rings. The quantitative estimate of drug-likeness (QED) is 0.128. The lowest BCUT2D eigenvalue weighted by atomic mass is 10.00. The Balaban J connectivity index is 1.09. The highest BCUT2D eigenvalue weighted by molar-refractivity contribution is 6.22. The molecule has 0 aliphatic carbocycles. The van der Waals surface area contributed by atoms with Crippen LogP contribution in [0.1, 0.15) is 16.7 Å². The maximum atomic E-state index is 6.43. The highest BCUT2D eigenvalue weighted by Crippen LogP contribution is 2.35. The van der Waals surface area contributed by atoms with Gasteiger partial charge in [0, 0.05) is 32.7 Å². The fourth-order valence-corrected chi connectivity index (χ4v) is 7.54. The molecule has 0 atom stereocenters. The zero-order valence-corrected chi connectivity index (χ0v) is 29.8. The first-order chi connectivity index (χ1) is 27.2. The van der Waals surface area contributed by atoms with Gasteiger partial charge in [0.25, 0.3) is 0 Å². The molecule has 10 rings (SSSR count). The SMILES string of the molecule is C=NC(=NC(=NCc1cccc(-c2ccc3ccccc3c2)c1)c1ccc2c(c1)oc1ccccc12)c1cccc2oc3cc(-c4ccccc4)ccc3c12. The molecule has 0 radical (unpaired) electrons. The normalized spacial score (nSPS) is 12.4. The van der Waals surface area contributed by atoms with Crippen molar-refractivity contribution >= 4 is 73.0 Å². The van der Waals surface area contributed by atoms with Crippen molar-refractivity contribution in [1.29, 1.82) is 0 Å². The fourth-order valence-electron chi connectivity index (χ4n) is 7.54. The first kappa shape index (κ1) is 32.3. The van der Waals surface area contributed by atoms with Gasteiger partial charge in [0.1, 0.15) is 22.3 Å². The fraction of sp³-hybridized carbons (Fsp3) is 0.0200. The van der Waals surface area contributed by atoms with Crippen molar-refractivity contribution in [2.45, 2.75) is 6.54 Å². The minimum absolute atomic E-state index is 0.407. The van der Waals surface area contributed by atoms with Crippen molar-refractivity contribution in [3.63, 3.8) is 0 Å². The van der Waals surface area contributed by atoms with Crippen LogP contribution in [0.3, 0.4) is 0 Å². The van der Waals surface area contributed by atoms with Crippen LogP contribution in [0.5, 0.6) is 0 Å². The molecule has 0 aliphatic heterocycles. The zero-order chi connectivity index (χ0) is 36.7. The van der Waals surface area contributed by atoms with E-state index in [4.69, 9.17) is 18.8 Å². The van der Waals surface area contributed by atoms with E-state index < -0.39 is 0 Å². The third-order valence-electron chi connectivity index (χ3n) is 10.3. The van der Waals surface area contributed by atoms with Crippen molar-refractivity contribution < 1.29 is 8.83 Å². The van der Waals surface area contributed by atoms with E-state index in [1.807, 2.05) is 60.7 Å². The van der Waals surface area contributed by atoms with Gasteiger partial charge in [0.15, 0.2) is 11.7 Å². The van der Waals surface area contributed by atoms with E-state index in [1.165, 1.54) is 10.8 Å². The number of rotatable bonds is 6. The van der Waals surface area contributed by atoms with Crippen molar-refractivity contribution in [1.82, 2.24) is 0 Å². The van der Waals surface area contributed by atoms with Gasteiger partial charge in [-0.3, -0.25) is 4.99 Å². The van der Waals surface area contributed by atoms with Gasteiger partial charge in [0.2, 0.25) is 0 Å². The van der Waals surface area contributed by atoms with E-state index in [0.717, 1.165) is 82.8 Å². The number of aliphatic imine (C=N–C) groups is 3. The lowest BCUT2D eigenvalue weighted by Gasteiger charge is -2.08. The van der Waals surface area contributed by atoms with Gasteiger partial charge in [-0.25, -0.2) is 9.98 Å². The molecule has 0 amide bonds. The molecule has 0 bridgehead atoms. The van der Waals surface area contributed by atoms with Gasteiger partial charge in [-0.1, -0.05) is 127 Å². The predicted octanol–water partition coefficient (Wildman–Crippen LogP) is 13.1. The third-order valence-corrected chi connectivity index (χ3v) is 10.3. The molecule has 2 heterocycles. The Morgan fingerprint density at radius 3 is 2.04 bits per heavy atom. The van der Waals surface area contributed by atoms with Crippen LogP contribution < -0.4 is 0 Å². The maximum absolute atomic E-state index is 6.43. The monoisotopic (exact) mass is 707 g/mol. The molecule has 260 valence electrons. The van der Waals surface area contributed by atoms with Gasteiger partial charge in [0.05, 0.1) is 6.54 Å². The summed E-state index contributed by atoms with van der Waals surface area (Å²) < 4.78 is 12.7. The number of para-hydroxylation sites is 1. The summed E-state index contributed by atoms with van der Waals surface area (Å²) in [7, 11) is 0. The lowest BCUT2D eigenvalue weighted by molar-refractivity contribution is 0.668. The third kappa shape index (κ3) is 5.98. The second kappa shape index (κ2) is 13.6. The van der Waals surface area contributed by atoms with E-state index >= 15 is 0 Å². The first-order valence-corrected chi connectivity index (χ1v) is 18.3. The van der Waals surface area contributed by atoms with Crippen LogP contribution in [0, 0.1) is 0 Å². The molecular weight excluding hydrogens is 675 g/mol. The standard InChI is InChI=1S/C50H33N3O2/c1-51-50(43-18-10-20-45-48(43)42-26-23-38(29-47(42)55-45)33-12-3-2-4-13-33)53-49(39-24-25-41-40-17-7-8-19-44(40)54-46(41)30-39)52-31-32-11-9-16-35(27-32)37-22-21-34-14-5-6-15-36(34)28-37/h2-30H,1,31H2. The van der Waals surface area contributed by atoms with Crippen LogP contribution in [-0.2, 0) is 6.54 Å². The number of amidine groups is 2. The molecule has 5 heteroatoms. The average molecular weight is 708 g/mol. The molecule has 55 heavy (non-hydrogen) atoms. The summed E-state index contributed by atoms with van der Waals surface area (Å²) in [6.45, 7) is 4.39. The van der Waals surface area contributed by atoms with Crippen LogP contribution in [0.4, 0.5) is 0 Å². The highest BCUT2D eigenvalue weighted by atomic mass is 16.3. The summed E-state index contributed by atoms with van der Waals surface area (Å²) >= 11 is 0. The Morgan fingerprint density at radius 2 is 1.13 bits per heavy atom. The number of hydrogen-bond donors (Lipinski definition) is 0. The van der Waals surface area contributed by atoms with E-state index in [9.17, 15) is 0 Å². The summed E-state index contributed by atoms with van der Waals surface area (Å²) in [6.07, 6.45) is 0. The van der Waals surface area contributed by atoms with E-state index in [0.29, 0.717) is 18.2 Å². The van der Waals surface area contributed by atoms with Crippen molar-refractivity contribution in [2.75, 3.05) is 0 Å². The minimum atomic E-state index is 0.407. The molecule has 0 saturated heterocycles. The van der Waals surface area contributed by atoms with E-state index in [2.05, 4.69) is 127 Å². The largest absolute Gasteiger partial charge is 0.456 e. The smallest absolute Gasteiger partial charge is 0.161 e. The summed E-state index contributed by atoms with van der Waals surface area (Å²) in [6, 6.07) is 60.4. The van der Waals surface area contributed by atoms with Crippen LogP contribution >= 0.6 is 0 Å². The summed E-state index contributed by atoms with van der Waals surface area (Å²) in [5.41, 5.74) is 10.4. The predicted molar refractivity (Wildman–Crippen MR) is 229 cm³/mol. The molecular formula is C50H33N3O2. The van der Waals surface area contributed by atoms with Gasteiger partial charge < -0.3 is 8.83 Å². The number of benzene rings is 8. The highest BCUT2D eigenvalue weighted by Gasteiger charge is 2.17. The number of fused-ring (bicyclic) bond motifs is 7. The summed E-state index contributed by atoms with van der Waals surface area (Å²) in [5.74, 6) is 0.978. The number of furan rings is 2. The van der Waals surface area contributed by atoms with Gasteiger partial charge in [-0.2, -0.15) is 0 Å². The van der Waals surface area contributed by atoms with Gasteiger partial charge in [-0.15, -0.1) is 0 Å². The zero-order valence-electron chi connectivity index (χ0n) is 29.8. The molecule has 8 aromatic carbocycles. The van der Waals surface area contributed by atoms with Gasteiger partial charge >= 0.3 is 0 Å². The van der Waals surface area contributed by atoms with Crippen LogP contribution in [-0.4, -0.2) is 18.4 Å². The second-order valence-corrected chi connectivity index (χ2v) is 13.7. The Labute approximate surface area is 317 Å². The van der Waals surface area contributed by atoms with Crippen LogP contribution in [0.25, 0.3) is 76.9 Å². The Morgan fingerprint density at radius 1 is 0.455 bits per heavy atom. The number of hydrogen-bond acceptors (Lipinski definition) is 3. The minimum Gasteiger partial charge on any atom is -0.456 e. The Hall–Kier alpha value is -7.37. The molecule has 0 N–H and O–H groups in total. The average Bonchev–Trinajstić information content (AvgIpc) is 3.82. The molecule has 2 aromatic heterocycles. The van der Waals surface area contributed by atoms with E-state index in [-0.39, 0.29) is 0 Å². The lowest BCUT2D eigenvalue weighted by Crippen LogP contribution is -2.06. The van der Waals surface area contributed by atoms with Crippen LogP contribution in [0.15, 0.2) is 200 Å². The molecule has 0 saturated carbocycles. The molecule has 0 aliphatic rings. The molecule has 10 aromatic rings. The summed E-state index contributed by atoms with van der Waals surface area (Å²) in [4.78, 5) is 14.9. The topological polar surface area (TPSA) is 63.4 Å². The van der Waals surface area contributed by atoms with Crippen LogP contribution in [0.2, 0.25) is 0 Å². The van der Waals surface area contributed by atoms with Crippen molar-refractivity contribution in [2.24, 2.45) is 15.0 Å². The van der Waals surface area contributed by atoms with Gasteiger partial charge in [-0.05, 0) is 93.8 Å². The second-order valence-electron chi connectivity index (χ2n) is 13.7. The van der Waals surface area contributed by atoms with E-state index in [1.54, 1.807) is 0 Å². The molecule has 0 unspecified atom stereocenters. The molecule has 0 spiro atoms. The van der Waals surface area contributed by atoms with Crippen molar-refractivity contribution in [3.05, 3.63) is 193 Å². The molecule has 5 nitrogen and oxygen atoms in total. The number of nitrogens with zero attached hydrogens (tertiary/aromatic N) is 3. The van der Waals surface area contributed by atoms with Crippen molar-refractivity contribution in [3.8, 4) is 22.3 Å².